The molecule has 23 heavy (non-hydrogen) atoms. The molecular weight excluding hydrogens is 332 g/mol. The van der Waals surface area contributed by atoms with Gasteiger partial charge in [-0.1, -0.05) is 29.8 Å². The van der Waals surface area contributed by atoms with E-state index in [1.807, 2.05) is 24.3 Å². The lowest BCUT2D eigenvalue weighted by molar-refractivity contribution is -0.113. The van der Waals surface area contributed by atoms with Gasteiger partial charge in [-0.05, 0) is 42.3 Å². The summed E-state index contributed by atoms with van der Waals surface area (Å²) in [6.45, 7) is 1.76. The molecule has 0 atom stereocenters. The first kappa shape index (κ1) is 17.4. The number of hydrogen-bond donors (Lipinski definition) is 2. The van der Waals surface area contributed by atoms with Crippen LogP contribution >= 0.6 is 23.4 Å². The Bertz CT molecular complexity index is 717. The highest BCUT2D eigenvalue weighted by atomic mass is 35.5. The summed E-state index contributed by atoms with van der Waals surface area (Å²) in [6.07, 6.45) is 0. The molecule has 4 nitrogen and oxygen atoms in total. The molecule has 6 heteroatoms. The standard InChI is InChI=1S/C17H17ClN2O2S/c1-11-14(17(19)22)3-2-4-15(11)20-16(21)10-23-9-12-5-7-13(18)8-6-12/h2-8H,9-10H2,1H3,(H2,19,22)(H,20,21). The Hall–Kier alpha value is -1.98. The van der Waals surface area contributed by atoms with E-state index < -0.39 is 5.91 Å². The molecule has 2 amide bonds. The van der Waals surface area contributed by atoms with Crippen LogP contribution in [-0.4, -0.2) is 17.6 Å². The van der Waals surface area contributed by atoms with E-state index in [9.17, 15) is 9.59 Å². The molecule has 0 spiro atoms. The van der Waals surface area contributed by atoms with Gasteiger partial charge < -0.3 is 11.1 Å². The molecule has 120 valence electrons. The fourth-order valence-corrected chi connectivity index (χ4v) is 2.98. The summed E-state index contributed by atoms with van der Waals surface area (Å²) >= 11 is 7.34. The normalized spacial score (nSPS) is 10.3. The van der Waals surface area contributed by atoms with Gasteiger partial charge in [-0.3, -0.25) is 9.59 Å². The predicted octanol–water partition coefficient (Wildman–Crippen LogP) is 3.62. The van der Waals surface area contributed by atoms with Gasteiger partial charge in [0.1, 0.15) is 0 Å². The molecule has 0 unspecified atom stereocenters. The quantitative estimate of drug-likeness (QED) is 0.837. The zero-order chi connectivity index (χ0) is 16.8. The lowest BCUT2D eigenvalue weighted by atomic mass is 10.1. The number of anilines is 1. The number of primary amides is 1. The number of hydrogen-bond acceptors (Lipinski definition) is 3. The van der Waals surface area contributed by atoms with Crippen molar-refractivity contribution in [1.29, 1.82) is 0 Å². The molecule has 0 saturated heterocycles. The second-order valence-electron chi connectivity index (χ2n) is 5.01. The summed E-state index contributed by atoms with van der Waals surface area (Å²) in [4.78, 5) is 23.3. The van der Waals surface area contributed by atoms with Crippen LogP contribution in [0.5, 0.6) is 0 Å². The Morgan fingerprint density at radius 1 is 1.17 bits per heavy atom. The lowest BCUT2D eigenvalue weighted by Crippen LogP contribution is -2.18. The first-order valence-corrected chi connectivity index (χ1v) is 8.52. The Kier molecular flexibility index (Phi) is 6.07. The number of thioether (sulfide) groups is 1. The van der Waals surface area contributed by atoms with E-state index in [2.05, 4.69) is 5.32 Å². The number of amides is 2. The van der Waals surface area contributed by atoms with E-state index >= 15 is 0 Å². The van der Waals surface area contributed by atoms with Crippen LogP contribution in [0.25, 0.3) is 0 Å². The zero-order valence-corrected chi connectivity index (χ0v) is 14.2. The number of halogens is 1. The van der Waals surface area contributed by atoms with Gasteiger partial charge in [0.2, 0.25) is 11.8 Å². The van der Waals surface area contributed by atoms with Crippen molar-refractivity contribution in [3.05, 3.63) is 64.2 Å². The van der Waals surface area contributed by atoms with Gasteiger partial charge in [0.25, 0.3) is 0 Å². The minimum absolute atomic E-state index is 0.117. The van der Waals surface area contributed by atoms with E-state index in [1.165, 1.54) is 11.8 Å². The molecule has 0 heterocycles. The largest absolute Gasteiger partial charge is 0.366 e. The Morgan fingerprint density at radius 2 is 1.87 bits per heavy atom. The van der Waals surface area contributed by atoms with Gasteiger partial charge in [0.05, 0.1) is 5.75 Å². The SMILES string of the molecule is Cc1c(NC(=O)CSCc2ccc(Cl)cc2)cccc1C(N)=O. The van der Waals surface area contributed by atoms with Gasteiger partial charge in [0, 0.05) is 22.0 Å². The molecular formula is C17H17ClN2O2S. The van der Waals surface area contributed by atoms with Crippen LogP contribution < -0.4 is 11.1 Å². The van der Waals surface area contributed by atoms with Gasteiger partial charge in [-0.2, -0.15) is 0 Å². The highest BCUT2D eigenvalue weighted by Gasteiger charge is 2.10. The molecule has 0 aliphatic rings. The molecule has 0 aromatic heterocycles. The fourth-order valence-electron chi connectivity index (χ4n) is 2.07. The predicted molar refractivity (Wildman–Crippen MR) is 95.9 cm³/mol. The van der Waals surface area contributed by atoms with Crippen molar-refractivity contribution in [3.8, 4) is 0 Å². The van der Waals surface area contributed by atoms with Crippen molar-refractivity contribution in [2.24, 2.45) is 5.73 Å². The van der Waals surface area contributed by atoms with Crippen molar-refractivity contribution >= 4 is 40.9 Å². The number of carbonyl (C=O) groups is 2. The average molecular weight is 349 g/mol. The van der Waals surface area contributed by atoms with E-state index in [1.54, 1.807) is 25.1 Å². The highest BCUT2D eigenvalue weighted by molar-refractivity contribution is 7.99. The minimum Gasteiger partial charge on any atom is -0.366 e. The van der Waals surface area contributed by atoms with E-state index in [0.29, 0.717) is 27.6 Å². The Balaban J connectivity index is 1.89. The van der Waals surface area contributed by atoms with Crippen molar-refractivity contribution in [1.82, 2.24) is 0 Å². The number of nitrogens with two attached hydrogens (primary N) is 1. The third-order valence-corrected chi connectivity index (χ3v) is 4.54. The summed E-state index contributed by atoms with van der Waals surface area (Å²) in [6, 6.07) is 12.6. The number of rotatable bonds is 6. The second kappa shape index (κ2) is 8.04. The summed E-state index contributed by atoms with van der Waals surface area (Å²) in [5.74, 6) is 0.428. The first-order valence-electron chi connectivity index (χ1n) is 6.99. The zero-order valence-electron chi connectivity index (χ0n) is 12.6. The third-order valence-electron chi connectivity index (χ3n) is 3.29. The van der Waals surface area contributed by atoms with E-state index in [4.69, 9.17) is 17.3 Å². The van der Waals surface area contributed by atoms with Gasteiger partial charge in [-0.15, -0.1) is 11.8 Å². The average Bonchev–Trinajstić information content (AvgIpc) is 2.51. The van der Waals surface area contributed by atoms with Crippen molar-refractivity contribution in [3.63, 3.8) is 0 Å². The molecule has 0 aliphatic carbocycles. The topological polar surface area (TPSA) is 72.2 Å². The van der Waals surface area contributed by atoms with Crippen LogP contribution in [0, 0.1) is 6.92 Å². The smallest absolute Gasteiger partial charge is 0.249 e. The third kappa shape index (κ3) is 5.01. The van der Waals surface area contributed by atoms with Crippen LogP contribution in [0.2, 0.25) is 5.02 Å². The molecule has 0 fully saturated rings. The Labute approximate surface area is 144 Å². The highest BCUT2D eigenvalue weighted by Crippen LogP contribution is 2.20. The van der Waals surface area contributed by atoms with Gasteiger partial charge in [-0.25, -0.2) is 0 Å². The number of carbonyl (C=O) groups excluding carboxylic acids is 2. The van der Waals surface area contributed by atoms with Crippen LogP contribution in [0.1, 0.15) is 21.5 Å². The molecule has 3 N–H and O–H groups in total. The lowest BCUT2D eigenvalue weighted by Gasteiger charge is -2.10. The molecule has 0 bridgehead atoms. The minimum atomic E-state index is -0.504. The molecule has 0 saturated carbocycles. The number of nitrogens with one attached hydrogen (secondary N) is 1. The van der Waals surface area contributed by atoms with Crippen molar-refractivity contribution < 1.29 is 9.59 Å². The van der Waals surface area contributed by atoms with Crippen LogP contribution in [0.4, 0.5) is 5.69 Å². The Morgan fingerprint density at radius 3 is 2.52 bits per heavy atom. The van der Waals surface area contributed by atoms with Gasteiger partial charge >= 0.3 is 0 Å². The van der Waals surface area contributed by atoms with Crippen molar-refractivity contribution in [2.45, 2.75) is 12.7 Å². The number of benzene rings is 2. The van der Waals surface area contributed by atoms with Gasteiger partial charge in [0.15, 0.2) is 0 Å². The summed E-state index contributed by atoms with van der Waals surface area (Å²) in [5, 5.41) is 3.51. The molecule has 0 aliphatic heterocycles. The maximum Gasteiger partial charge on any atom is 0.249 e. The molecule has 2 aromatic rings. The first-order chi connectivity index (χ1) is 11.0. The molecule has 2 aromatic carbocycles. The second-order valence-corrected chi connectivity index (χ2v) is 6.43. The summed E-state index contributed by atoms with van der Waals surface area (Å²) < 4.78 is 0. The summed E-state index contributed by atoms with van der Waals surface area (Å²) in [7, 11) is 0. The molecule has 2 rings (SSSR count). The van der Waals surface area contributed by atoms with E-state index in [-0.39, 0.29) is 5.91 Å². The maximum atomic E-state index is 12.0. The monoisotopic (exact) mass is 348 g/mol. The fraction of sp³-hybridized carbons (Fsp3) is 0.176. The van der Waals surface area contributed by atoms with Crippen LogP contribution in [0.15, 0.2) is 42.5 Å². The molecule has 0 radical (unpaired) electrons. The maximum absolute atomic E-state index is 12.0. The van der Waals surface area contributed by atoms with Crippen LogP contribution in [0.3, 0.4) is 0 Å². The van der Waals surface area contributed by atoms with Crippen molar-refractivity contribution in [2.75, 3.05) is 11.1 Å². The van der Waals surface area contributed by atoms with Crippen LogP contribution in [-0.2, 0) is 10.5 Å². The summed E-state index contributed by atoms with van der Waals surface area (Å²) in [5.41, 5.74) is 8.11. The van der Waals surface area contributed by atoms with E-state index in [0.717, 1.165) is 11.3 Å².